The number of benzene rings is 3. The molecule has 0 aromatic heterocycles. The van der Waals surface area contributed by atoms with E-state index in [0.29, 0.717) is 46.0 Å². The van der Waals surface area contributed by atoms with E-state index in [2.05, 4.69) is 10.3 Å². The summed E-state index contributed by atoms with van der Waals surface area (Å²) in [6.45, 7) is 0.339. The Balaban J connectivity index is 1.54. The van der Waals surface area contributed by atoms with E-state index >= 15 is 0 Å². The van der Waals surface area contributed by atoms with Gasteiger partial charge in [-0.3, -0.25) is 14.5 Å². The van der Waals surface area contributed by atoms with Crippen LogP contribution in [0.5, 0.6) is 11.5 Å². The Morgan fingerprint density at radius 2 is 1.82 bits per heavy atom. The Morgan fingerprint density at radius 1 is 1.08 bits per heavy atom. The molecule has 3 aromatic carbocycles. The summed E-state index contributed by atoms with van der Waals surface area (Å²) in [5, 5.41) is 12.0. The summed E-state index contributed by atoms with van der Waals surface area (Å²) in [5.74, 6) is -0.474. The zero-order chi connectivity index (χ0) is 27.9. The van der Waals surface area contributed by atoms with Gasteiger partial charge in [-0.25, -0.2) is 9.79 Å². The van der Waals surface area contributed by atoms with Crippen LogP contribution in [-0.2, 0) is 16.0 Å². The van der Waals surface area contributed by atoms with Gasteiger partial charge in [0.1, 0.15) is 5.25 Å². The minimum atomic E-state index is -1.06. The predicted octanol–water partition coefficient (Wildman–Crippen LogP) is 5.26. The lowest BCUT2D eigenvalue weighted by molar-refractivity contribution is -0.129. The number of aliphatic imine (C=N–C) groups is 1. The highest BCUT2D eigenvalue weighted by Gasteiger charge is 2.36. The molecule has 1 unspecified atom stereocenters. The van der Waals surface area contributed by atoms with E-state index in [-0.39, 0.29) is 23.8 Å². The SMILES string of the molecule is COc1ccc(CCN2C(=O)CC(C(=O)Nc3ccc(C(=O)O)cc3)SC2=Nc2cccc(Cl)c2)cc1OC. The van der Waals surface area contributed by atoms with E-state index < -0.39 is 11.2 Å². The molecule has 1 aliphatic heterocycles. The summed E-state index contributed by atoms with van der Waals surface area (Å²) in [5.41, 5.74) is 2.04. The number of carboxylic acid groups (broad SMARTS) is 1. The lowest BCUT2D eigenvalue weighted by atomic mass is 10.1. The molecule has 2 N–H and O–H groups in total. The first-order valence-electron chi connectivity index (χ1n) is 11.9. The zero-order valence-corrected chi connectivity index (χ0v) is 22.8. The van der Waals surface area contributed by atoms with Crippen molar-refractivity contribution in [3.05, 3.63) is 82.9 Å². The van der Waals surface area contributed by atoms with Gasteiger partial charge in [0.25, 0.3) is 0 Å². The van der Waals surface area contributed by atoms with Gasteiger partial charge < -0.3 is 19.9 Å². The third kappa shape index (κ3) is 7.10. The summed E-state index contributed by atoms with van der Waals surface area (Å²) < 4.78 is 10.7. The van der Waals surface area contributed by atoms with Gasteiger partial charge in [0.2, 0.25) is 11.8 Å². The lowest BCUT2D eigenvalue weighted by Crippen LogP contribution is -2.46. The van der Waals surface area contributed by atoms with Crippen LogP contribution in [0.15, 0.2) is 71.7 Å². The molecular weight excluding hydrogens is 542 g/mol. The molecule has 0 radical (unpaired) electrons. The molecule has 4 rings (SSSR count). The van der Waals surface area contributed by atoms with Crippen molar-refractivity contribution >= 4 is 57.7 Å². The molecule has 0 saturated carbocycles. The highest BCUT2D eigenvalue weighted by molar-refractivity contribution is 8.15. The molecular formula is C28H26ClN3O6S. The number of rotatable bonds is 9. The van der Waals surface area contributed by atoms with Crippen LogP contribution in [0.1, 0.15) is 22.3 Å². The number of nitrogens with one attached hydrogen (secondary N) is 1. The number of hydrogen-bond donors (Lipinski definition) is 2. The molecule has 1 aliphatic rings. The van der Waals surface area contributed by atoms with Crippen LogP contribution in [0.3, 0.4) is 0 Å². The van der Waals surface area contributed by atoms with Crippen LogP contribution in [0.25, 0.3) is 0 Å². The monoisotopic (exact) mass is 567 g/mol. The molecule has 2 amide bonds. The standard InChI is InChI=1S/C28H26ClN3O6S/c1-37-22-11-6-17(14-23(22)38-2)12-13-32-25(33)16-24(39-28(32)31-21-5-3-4-19(29)15-21)26(34)30-20-9-7-18(8-10-20)27(35)36/h3-11,14-15,24H,12-13,16H2,1-2H3,(H,30,34)(H,35,36). The number of hydrogen-bond acceptors (Lipinski definition) is 7. The minimum absolute atomic E-state index is 0.0236. The van der Waals surface area contributed by atoms with Crippen molar-refractivity contribution in [2.24, 2.45) is 4.99 Å². The summed E-state index contributed by atoms with van der Waals surface area (Å²) in [6, 6.07) is 18.3. The van der Waals surface area contributed by atoms with E-state index in [1.54, 1.807) is 43.4 Å². The molecule has 9 nitrogen and oxygen atoms in total. The quantitative estimate of drug-likeness (QED) is 0.362. The van der Waals surface area contributed by atoms with E-state index in [4.69, 9.17) is 26.2 Å². The molecule has 3 aromatic rings. The summed E-state index contributed by atoms with van der Waals surface area (Å²) in [6.07, 6.45) is 0.498. The number of methoxy groups -OCH3 is 2. The van der Waals surface area contributed by atoms with Gasteiger partial charge in [0.05, 0.1) is 25.5 Å². The highest BCUT2D eigenvalue weighted by Crippen LogP contribution is 2.32. The zero-order valence-electron chi connectivity index (χ0n) is 21.2. The fourth-order valence-electron chi connectivity index (χ4n) is 3.91. The Kier molecular flexibility index (Phi) is 9.11. The van der Waals surface area contributed by atoms with Crippen LogP contribution in [-0.4, -0.2) is 59.0 Å². The third-order valence-corrected chi connectivity index (χ3v) is 7.36. The average molecular weight is 568 g/mol. The topological polar surface area (TPSA) is 118 Å². The Labute approximate surface area is 234 Å². The van der Waals surface area contributed by atoms with Crippen LogP contribution < -0.4 is 14.8 Å². The first-order chi connectivity index (χ1) is 18.8. The molecule has 202 valence electrons. The number of ether oxygens (including phenoxy) is 2. The van der Waals surface area contributed by atoms with Gasteiger partial charge in [-0.1, -0.05) is 35.5 Å². The number of carboxylic acids is 1. The Bertz CT molecular complexity index is 1410. The second-order valence-electron chi connectivity index (χ2n) is 8.54. The fourth-order valence-corrected chi connectivity index (χ4v) is 5.22. The van der Waals surface area contributed by atoms with E-state index in [1.807, 2.05) is 18.2 Å². The number of anilines is 1. The van der Waals surface area contributed by atoms with Crippen LogP contribution in [0, 0.1) is 0 Å². The smallest absolute Gasteiger partial charge is 0.335 e. The van der Waals surface area contributed by atoms with Gasteiger partial charge >= 0.3 is 5.97 Å². The predicted molar refractivity (Wildman–Crippen MR) is 152 cm³/mol. The number of halogens is 1. The van der Waals surface area contributed by atoms with Crippen molar-refractivity contribution in [2.45, 2.75) is 18.1 Å². The van der Waals surface area contributed by atoms with Crippen molar-refractivity contribution in [1.29, 1.82) is 0 Å². The largest absolute Gasteiger partial charge is 0.493 e. The molecule has 1 fully saturated rings. The van der Waals surface area contributed by atoms with Crippen molar-refractivity contribution < 1.29 is 29.0 Å². The number of carbonyl (C=O) groups is 3. The first kappa shape index (κ1) is 28.0. The van der Waals surface area contributed by atoms with Crippen LogP contribution in [0.4, 0.5) is 11.4 Å². The van der Waals surface area contributed by atoms with Crippen molar-refractivity contribution in [2.75, 3.05) is 26.1 Å². The van der Waals surface area contributed by atoms with Crippen LogP contribution >= 0.6 is 23.4 Å². The van der Waals surface area contributed by atoms with Crippen molar-refractivity contribution in [1.82, 2.24) is 4.90 Å². The molecule has 39 heavy (non-hydrogen) atoms. The number of thioether (sulfide) groups is 1. The number of amides is 2. The second kappa shape index (κ2) is 12.7. The average Bonchev–Trinajstić information content (AvgIpc) is 2.92. The minimum Gasteiger partial charge on any atom is -0.493 e. The maximum atomic E-state index is 13.3. The van der Waals surface area contributed by atoms with E-state index in [1.165, 1.54) is 36.0 Å². The molecule has 11 heteroatoms. The summed E-state index contributed by atoms with van der Waals surface area (Å²) in [7, 11) is 3.13. The molecule has 0 bridgehead atoms. The molecule has 0 spiro atoms. The van der Waals surface area contributed by atoms with E-state index in [0.717, 1.165) is 5.56 Å². The number of carbonyl (C=O) groups excluding carboxylic acids is 2. The van der Waals surface area contributed by atoms with Gasteiger partial charge in [-0.15, -0.1) is 0 Å². The van der Waals surface area contributed by atoms with Crippen molar-refractivity contribution in [3.8, 4) is 11.5 Å². The summed E-state index contributed by atoms with van der Waals surface area (Å²) >= 11 is 7.33. The molecule has 1 heterocycles. The second-order valence-corrected chi connectivity index (χ2v) is 10.1. The van der Waals surface area contributed by atoms with Gasteiger partial charge in [-0.05, 0) is 66.6 Å². The Morgan fingerprint density at radius 3 is 2.49 bits per heavy atom. The fraction of sp³-hybridized carbons (Fsp3) is 0.214. The van der Waals surface area contributed by atoms with E-state index in [9.17, 15) is 14.4 Å². The summed E-state index contributed by atoms with van der Waals surface area (Å²) in [4.78, 5) is 43.7. The number of nitrogens with zero attached hydrogens (tertiary/aromatic N) is 2. The van der Waals surface area contributed by atoms with Gasteiger partial charge in [0.15, 0.2) is 16.7 Å². The third-order valence-electron chi connectivity index (χ3n) is 5.94. The van der Waals surface area contributed by atoms with Gasteiger partial charge in [-0.2, -0.15) is 0 Å². The van der Waals surface area contributed by atoms with Gasteiger partial charge in [0, 0.05) is 23.7 Å². The van der Waals surface area contributed by atoms with Crippen molar-refractivity contribution in [3.63, 3.8) is 0 Å². The number of aromatic carboxylic acids is 1. The molecule has 1 saturated heterocycles. The first-order valence-corrected chi connectivity index (χ1v) is 13.2. The number of amidine groups is 1. The maximum absolute atomic E-state index is 13.3. The Hall–Kier alpha value is -4.02. The normalized spacial score (nSPS) is 16.2. The lowest BCUT2D eigenvalue weighted by Gasteiger charge is -2.32. The molecule has 1 atom stereocenters. The molecule has 0 aliphatic carbocycles. The highest BCUT2D eigenvalue weighted by atomic mass is 35.5. The van der Waals surface area contributed by atoms with Crippen LogP contribution in [0.2, 0.25) is 5.02 Å². The maximum Gasteiger partial charge on any atom is 0.335 e.